The molecule has 1 amide bonds. The van der Waals surface area contributed by atoms with Gasteiger partial charge in [-0.3, -0.25) is 0 Å². The first kappa shape index (κ1) is 19.7. The number of ether oxygens (including phenoxy) is 1. The first-order chi connectivity index (χ1) is 11.6. The zero-order valence-electron chi connectivity index (χ0n) is 16.1. The van der Waals surface area contributed by atoms with Crippen LogP contribution in [0.1, 0.15) is 56.4 Å². The lowest BCUT2D eigenvalue weighted by Gasteiger charge is -2.34. The molecule has 1 atom stereocenters. The number of carbonyl (C=O) groups is 1. The lowest BCUT2D eigenvalue weighted by atomic mass is 10.0. The molecule has 0 bridgehead atoms. The third-order valence-corrected chi connectivity index (χ3v) is 4.66. The molecule has 140 valence electrons. The maximum Gasteiger partial charge on any atom is 0.407 e. The van der Waals surface area contributed by atoms with Gasteiger partial charge in [0.1, 0.15) is 5.60 Å². The highest BCUT2D eigenvalue weighted by Gasteiger charge is 2.24. The van der Waals surface area contributed by atoms with E-state index in [0.29, 0.717) is 6.54 Å². The number of aliphatic hydroxyl groups excluding tert-OH is 1. The molecule has 0 radical (unpaired) electrons. The number of hydrogen-bond donors (Lipinski definition) is 2. The number of hydrogen-bond acceptors (Lipinski definition) is 4. The van der Waals surface area contributed by atoms with E-state index in [1.165, 1.54) is 11.1 Å². The minimum atomic E-state index is -0.477. The number of likely N-dealkylation sites (tertiary alicyclic amines) is 1. The highest BCUT2D eigenvalue weighted by molar-refractivity contribution is 5.68. The summed E-state index contributed by atoms with van der Waals surface area (Å²) >= 11 is 0. The Kier molecular flexibility index (Phi) is 6.47. The van der Waals surface area contributed by atoms with E-state index < -0.39 is 11.7 Å². The number of aryl methyl sites for hydroxylation is 2. The Morgan fingerprint density at radius 1 is 1.28 bits per heavy atom. The topological polar surface area (TPSA) is 61.8 Å². The minimum Gasteiger partial charge on any atom is -0.444 e. The Bertz CT molecular complexity index is 587. The number of piperidine rings is 1. The van der Waals surface area contributed by atoms with Gasteiger partial charge >= 0.3 is 6.09 Å². The molecule has 1 aromatic carbocycles. The molecule has 0 aromatic heterocycles. The lowest BCUT2D eigenvalue weighted by molar-refractivity contribution is 0.0459. The average molecular weight is 348 g/mol. The van der Waals surface area contributed by atoms with Crippen molar-refractivity contribution in [2.45, 2.75) is 65.2 Å². The van der Waals surface area contributed by atoms with Crippen molar-refractivity contribution in [1.29, 1.82) is 0 Å². The number of rotatable bonds is 4. The largest absolute Gasteiger partial charge is 0.444 e. The van der Waals surface area contributed by atoms with Gasteiger partial charge in [0.05, 0.1) is 6.10 Å². The van der Waals surface area contributed by atoms with Crippen molar-refractivity contribution in [3.05, 3.63) is 34.9 Å². The summed E-state index contributed by atoms with van der Waals surface area (Å²) in [5.74, 6) is 0. The van der Waals surface area contributed by atoms with Crippen LogP contribution < -0.4 is 5.32 Å². The summed E-state index contributed by atoms with van der Waals surface area (Å²) in [5, 5.41) is 13.4. The number of alkyl carbamates (subject to hydrolysis) is 1. The van der Waals surface area contributed by atoms with Crippen molar-refractivity contribution < 1.29 is 14.6 Å². The summed E-state index contributed by atoms with van der Waals surface area (Å²) in [6, 6.07) is 6.27. The monoisotopic (exact) mass is 348 g/mol. The van der Waals surface area contributed by atoms with Gasteiger partial charge in [-0.05, 0) is 64.2 Å². The Morgan fingerprint density at radius 3 is 2.48 bits per heavy atom. The molecular weight excluding hydrogens is 316 g/mol. The third kappa shape index (κ3) is 6.33. The Hall–Kier alpha value is -1.59. The number of nitrogens with zero attached hydrogens (tertiary/aromatic N) is 1. The molecule has 1 aliphatic rings. The van der Waals surface area contributed by atoms with Crippen LogP contribution in [0.3, 0.4) is 0 Å². The van der Waals surface area contributed by atoms with Crippen molar-refractivity contribution in [3.63, 3.8) is 0 Å². The summed E-state index contributed by atoms with van der Waals surface area (Å²) in [4.78, 5) is 14.1. The van der Waals surface area contributed by atoms with E-state index in [1.54, 1.807) is 0 Å². The molecule has 2 N–H and O–H groups in total. The molecule has 2 rings (SSSR count). The standard InChI is InChI=1S/C20H32N2O3/c1-14-6-7-16(12-15(14)2)18(23)13-22-10-8-17(9-11-22)21-19(24)25-20(3,4)5/h6-7,12,17-18,23H,8-11,13H2,1-5H3,(H,21,24). The normalized spacial score (nSPS) is 18.0. The van der Waals surface area contributed by atoms with Crippen LogP contribution in [-0.2, 0) is 4.74 Å². The van der Waals surface area contributed by atoms with Crippen molar-refractivity contribution in [3.8, 4) is 0 Å². The molecule has 25 heavy (non-hydrogen) atoms. The molecule has 5 heteroatoms. The first-order valence-corrected chi connectivity index (χ1v) is 9.11. The smallest absolute Gasteiger partial charge is 0.407 e. The molecule has 0 spiro atoms. The number of amides is 1. The second-order valence-electron chi connectivity index (χ2n) is 8.08. The number of benzene rings is 1. The van der Waals surface area contributed by atoms with Gasteiger partial charge < -0.3 is 20.1 Å². The number of carbonyl (C=O) groups excluding carboxylic acids is 1. The molecule has 0 aliphatic carbocycles. The summed E-state index contributed by atoms with van der Waals surface area (Å²) in [7, 11) is 0. The second kappa shape index (κ2) is 8.19. The van der Waals surface area contributed by atoms with E-state index in [0.717, 1.165) is 31.5 Å². The predicted molar refractivity (Wildman–Crippen MR) is 99.7 cm³/mol. The summed E-state index contributed by atoms with van der Waals surface area (Å²) < 4.78 is 5.31. The Balaban J connectivity index is 1.78. The van der Waals surface area contributed by atoms with Crippen LogP contribution in [0.2, 0.25) is 0 Å². The van der Waals surface area contributed by atoms with E-state index in [1.807, 2.05) is 26.8 Å². The van der Waals surface area contributed by atoms with E-state index in [2.05, 4.69) is 36.2 Å². The maximum absolute atomic E-state index is 11.8. The lowest BCUT2D eigenvalue weighted by Crippen LogP contribution is -2.46. The second-order valence-corrected chi connectivity index (χ2v) is 8.08. The number of β-amino-alcohol motifs (C(OH)–C–C–N with tert-alkyl or cyclic N) is 1. The van der Waals surface area contributed by atoms with Crippen molar-refractivity contribution in [2.24, 2.45) is 0 Å². The summed E-state index contributed by atoms with van der Waals surface area (Å²) in [5.41, 5.74) is 2.94. The van der Waals surface area contributed by atoms with Gasteiger partial charge in [0.25, 0.3) is 0 Å². The quantitative estimate of drug-likeness (QED) is 0.876. The van der Waals surface area contributed by atoms with E-state index >= 15 is 0 Å². The van der Waals surface area contributed by atoms with E-state index in [4.69, 9.17) is 4.74 Å². The molecule has 0 saturated carbocycles. The average Bonchev–Trinajstić information content (AvgIpc) is 2.50. The van der Waals surface area contributed by atoms with Crippen molar-refractivity contribution >= 4 is 6.09 Å². The zero-order chi connectivity index (χ0) is 18.6. The highest BCUT2D eigenvalue weighted by Crippen LogP contribution is 2.20. The molecule has 1 heterocycles. The predicted octanol–water partition coefficient (Wildman–Crippen LogP) is 3.33. The van der Waals surface area contributed by atoms with Crippen LogP contribution in [0.25, 0.3) is 0 Å². The minimum absolute atomic E-state index is 0.143. The van der Waals surface area contributed by atoms with Crippen LogP contribution in [-0.4, -0.2) is 47.4 Å². The van der Waals surface area contributed by atoms with Gasteiger partial charge in [-0.2, -0.15) is 0 Å². The van der Waals surface area contributed by atoms with Crippen molar-refractivity contribution in [1.82, 2.24) is 10.2 Å². The van der Waals surface area contributed by atoms with Gasteiger partial charge in [-0.1, -0.05) is 18.2 Å². The highest BCUT2D eigenvalue weighted by atomic mass is 16.6. The molecule has 1 aliphatic heterocycles. The Labute approximate surface area is 151 Å². The molecule has 5 nitrogen and oxygen atoms in total. The van der Waals surface area contributed by atoms with E-state index in [9.17, 15) is 9.90 Å². The van der Waals surface area contributed by atoms with Gasteiger partial charge in [0, 0.05) is 25.7 Å². The molecule has 1 aromatic rings. The fourth-order valence-electron chi connectivity index (χ4n) is 3.06. The van der Waals surface area contributed by atoms with Crippen LogP contribution in [0.15, 0.2) is 18.2 Å². The summed E-state index contributed by atoms with van der Waals surface area (Å²) in [6.07, 6.45) is 0.924. The molecule has 1 fully saturated rings. The Morgan fingerprint density at radius 2 is 1.92 bits per heavy atom. The van der Waals surface area contributed by atoms with Gasteiger partial charge in [0.15, 0.2) is 0 Å². The fraction of sp³-hybridized carbons (Fsp3) is 0.650. The van der Waals surface area contributed by atoms with Crippen LogP contribution in [0.4, 0.5) is 4.79 Å². The van der Waals surface area contributed by atoms with Crippen LogP contribution in [0.5, 0.6) is 0 Å². The van der Waals surface area contributed by atoms with Gasteiger partial charge in [-0.15, -0.1) is 0 Å². The van der Waals surface area contributed by atoms with Crippen molar-refractivity contribution in [2.75, 3.05) is 19.6 Å². The SMILES string of the molecule is Cc1ccc(C(O)CN2CCC(NC(=O)OC(C)(C)C)CC2)cc1C. The first-order valence-electron chi connectivity index (χ1n) is 9.11. The third-order valence-electron chi connectivity index (χ3n) is 4.66. The molecule has 1 unspecified atom stereocenters. The van der Waals surface area contributed by atoms with Crippen LogP contribution >= 0.6 is 0 Å². The summed E-state index contributed by atoms with van der Waals surface area (Å²) in [6.45, 7) is 12.1. The zero-order valence-corrected chi connectivity index (χ0v) is 16.1. The van der Waals surface area contributed by atoms with Gasteiger partial charge in [0.2, 0.25) is 0 Å². The molecular formula is C20H32N2O3. The van der Waals surface area contributed by atoms with E-state index in [-0.39, 0.29) is 12.1 Å². The molecule has 1 saturated heterocycles. The fourth-order valence-corrected chi connectivity index (χ4v) is 3.06. The van der Waals surface area contributed by atoms with Gasteiger partial charge in [-0.25, -0.2) is 4.79 Å². The number of aliphatic hydroxyl groups is 1. The maximum atomic E-state index is 11.8. The van der Waals surface area contributed by atoms with Crippen LogP contribution in [0, 0.1) is 13.8 Å². The number of nitrogens with one attached hydrogen (secondary N) is 1.